The minimum Gasteiger partial charge on any atom is -0.491 e. The summed E-state index contributed by atoms with van der Waals surface area (Å²) in [6.07, 6.45) is -0.388. The smallest absolute Gasteiger partial charge is 0.119 e. The lowest BCUT2D eigenvalue weighted by Gasteiger charge is -2.15. The molecular formula is C25H40N4O4. The third-order valence-corrected chi connectivity index (χ3v) is 4.83. The van der Waals surface area contributed by atoms with E-state index in [1.165, 1.54) is 0 Å². The monoisotopic (exact) mass is 460 g/mol. The Morgan fingerprint density at radius 2 is 1.03 bits per heavy atom. The van der Waals surface area contributed by atoms with Crippen LogP contribution in [0.25, 0.3) is 0 Å². The SMILES string of the molecule is CC(N)CNCC(O)COc1ccc(Cc2ccc(OCC(O)CNCC(C)N)cc2)cc1. The van der Waals surface area contributed by atoms with Crippen molar-refractivity contribution in [3.05, 3.63) is 59.7 Å². The number of nitrogens with one attached hydrogen (secondary N) is 2. The standard InChI is InChI=1S/C25H40N4O4/c1-18(26)12-28-14-22(30)16-32-24-7-3-20(4-8-24)11-21-5-9-25(10-6-21)33-17-23(31)15-29-13-19(2)27/h3-10,18-19,22-23,28-31H,11-17,26-27H2,1-2H3. The van der Waals surface area contributed by atoms with E-state index in [1.807, 2.05) is 62.4 Å². The molecule has 8 heteroatoms. The van der Waals surface area contributed by atoms with E-state index < -0.39 is 12.2 Å². The molecule has 4 unspecified atom stereocenters. The number of benzene rings is 2. The summed E-state index contributed by atoms with van der Waals surface area (Å²) < 4.78 is 11.3. The first-order valence-corrected chi connectivity index (χ1v) is 11.5. The van der Waals surface area contributed by atoms with Gasteiger partial charge in [0.1, 0.15) is 36.9 Å². The molecule has 0 amide bonds. The number of hydrogen-bond acceptors (Lipinski definition) is 8. The van der Waals surface area contributed by atoms with Gasteiger partial charge in [0, 0.05) is 38.3 Å². The second-order valence-electron chi connectivity index (χ2n) is 8.67. The molecule has 0 aromatic heterocycles. The Bertz CT molecular complexity index is 703. The maximum Gasteiger partial charge on any atom is 0.119 e. The normalized spacial score (nSPS) is 15.0. The molecule has 2 rings (SSSR count). The highest BCUT2D eigenvalue weighted by molar-refractivity contribution is 5.34. The largest absolute Gasteiger partial charge is 0.491 e. The zero-order valence-corrected chi connectivity index (χ0v) is 19.7. The molecule has 4 atom stereocenters. The summed E-state index contributed by atoms with van der Waals surface area (Å²) in [4.78, 5) is 0. The summed E-state index contributed by atoms with van der Waals surface area (Å²) in [5.74, 6) is 1.45. The molecule has 0 bridgehead atoms. The fourth-order valence-electron chi connectivity index (χ4n) is 3.10. The average molecular weight is 461 g/mol. The first-order valence-electron chi connectivity index (χ1n) is 11.5. The van der Waals surface area contributed by atoms with Gasteiger partial charge in [0.05, 0.1) is 0 Å². The minimum absolute atomic E-state index is 0.0560. The van der Waals surface area contributed by atoms with Crippen molar-refractivity contribution in [2.75, 3.05) is 39.4 Å². The summed E-state index contributed by atoms with van der Waals surface area (Å²) >= 11 is 0. The van der Waals surface area contributed by atoms with Crippen molar-refractivity contribution < 1.29 is 19.7 Å². The van der Waals surface area contributed by atoms with Crippen LogP contribution in [0.2, 0.25) is 0 Å². The summed E-state index contributed by atoms with van der Waals surface area (Å²) in [7, 11) is 0. The van der Waals surface area contributed by atoms with Gasteiger partial charge in [-0.3, -0.25) is 0 Å². The van der Waals surface area contributed by atoms with Crippen LogP contribution < -0.4 is 31.6 Å². The van der Waals surface area contributed by atoms with Crippen molar-refractivity contribution in [3.63, 3.8) is 0 Å². The molecule has 0 saturated carbocycles. The first-order chi connectivity index (χ1) is 15.8. The van der Waals surface area contributed by atoms with Crippen LogP contribution in [0, 0.1) is 0 Å². The lowest BCUT2D eigenvalue weighted by molar-refractivity contribution is 0.106. The minimum atomic E-state index is -0.587. The highest BCUT2D eigenvalue weighted by atomic mass is 16.5. The Balaban J connectivity index is 1.70. The van der Waals surface area contributed by atoms with Gasteiger partial charge in [-0.25, -0.2) is 0 Å². The third kappa shape index (κ3) is 12.0. The summed E-state index contributed by atoms with van der Waals surface area (Å²) in [6, 6.07) is 15.8. The van der Waals surface area contributed by atoms with Gasteiger partial charge in [-0.1, -0.05) is 24.3 Å². The Hall–Kier alpha value is -2.20. The van der Waals surface area contributed by atoms with Crippen LogP contribution in [0.5, 0.6) is 11.5 Å². The molecule has 184 valence electrons. The van der Waals surface area contributed by atoms with Crippen molar-refractivity contribution in [2.24, 2.45) is 11.5 Å². The van der Waals surface area contributed by atoms with Crippen LogP contribution in [0.15, 0.2) is 48.5 Å². The molecule has 33 heavy (non-hydrogen) atoms. The summed E-state index contributed by atoms with van der Waals surface area (Å²) in [5.41, 5.74) is 13.7. The predicted molar refractivity (Wildman–Crippen MR) is 132 cm³/mol. The van der Waals surface area contributed by atoms with Crippen molar-refractivity contribution in [3.8, 4) is 11.5 Å². The fraction of sp³-hybridized carbons (Fsp3) is 0.520. The number of nitrogens with two attached hydrogens (primary N) is 2. The third-order valence-electron chi connectivity index (χ3n) is 4.83. The van der Waals surface area contributed by atoms with Crippen LogP contribution in [-0.2, 0) is 6.42 Å². The van der Waals surface area contributed by atoms with E-state index in [2.05, 4.69) is 10.6 Å². The van der Waals surface area contributed by atoms with E-state index in [4.69, 9.17) is 20.9 Å². The zero-order valence-electron chi connectivity index (χ0n) is 19.7. The molecule has 0 fully saturated rings. The van der Waals surface area contributed by atoms with E-state index >= 15 is 0 Å². The maximum atomic E-state index is 9.96. The number of ether oxygens (including phenoxy) is 2. The van der Waals surface area contributed by atoms with Gasteiger partial charge < -0.3 is 41.8 Å². The van der Waals surface area contributed by atoms with Crippen molar-refractivity contribution >= 4 is 0 Å². The molecule has 0 radical (unpaired) electrons. The van der Waals surface area contributed by atoms with Gasteiger partial charge in [0.15, 0.2) is 0 Å². The molecule has 0 heterocycles. The predicted octanol–water partition coefficient (Wildman–Crippen LogP) is 0.630. The van der Waals surface area contributed by atoms with Crippen LogP contribution in [0.4, 0.5) is 0 Å². The average Bonchev–Trinajstić information content (AvgIpc) is 2.77. The molecule has 0 saturated heterocycles. The number of aliphatic hydroxyl groups excluding tert-OH is 2. The fourth-order valence-corrected chi connectivity index (χ4v) is 3.10. The van der Waals surface area contributed by atoms with Gasteiger partial charge in [-0.15, -0.1) is 0 Å². The lowest BCUT2D eigenvalue weighted by Crippen LogP contribution is -2.37. The van der Waals surface area contributed by atoms with Crippen LogP contribution in [0.3, 0.4) is 0 Å². The Morgan fingerprint density at radius 1 is 0.667 bits per heavy atom. The molecule has 0 aliphatic heterocycles. The lowest BCUT2D eigenvalue weighted by atomic mass is 10.0. The second-order valence-corrected chi connectivity index (χ2v) is 8.67. The van der Waals surface area contributed by atoms with E-state index in [1.54, 1.807) is 0 Å². The molecular weight excluding hydrogens is 420 g/mol. The Kier molecular flexibility index (Phi) is 12.2. The molecule has 2 aromatic rings. The molecule has 8 nitrogen and oxygen atoms in total. The molecule has 0 spiro atoms. The van der Waals surface area contributed by atoms with Gasteiger partial charge >= 0.3 is 0 Å². The highest BCUT2D eigenvalue weighted by Gasteiger charge is 2.07. The van der Waals surface area contributed by atoms with Crippen molar-refractivity contribution in [2.45, 2.75) is 44.6 Å². The van der Waals surface area contributed by atoms with Crippen LogP contribution in [-0.4, -0.2) is 73.9 Å². The van der Waals surface area contributed by atoms with Crippen molar-refractivity contribution in [1.29, 1.82) is 0 Å². The van der Waals surface area contributed by atoms with E-state index in [0.717, 1.165) is 29.0 Å². The topological polar surface area (TPSA) is 135 Å². The second kappa shape index (κ2) is 14.8. The molecule has 0 aliphatic carbocycles. The first kappa shape index (κ1) is 27.0. The van der Waals surface area contributed by atoms with Crippen molar-refractivity contribution in [1.82, 2.24) is 10.6 Å². The maximum absolute atomic E-state index is 9.96. The molecule has 2 aromatic carbocycles. The Morgan fingerprint density at radius 3 is 1.36 bits per heavy atom. The zero-order chi connectivity index (χ0) is 24.1. The highest BCUT2D eigenvalue weighted by Crippen LogP contribution is 2.18. The van der Waals surface area contributed by atoms with Gasteiger partial charge in [-0.2, -0.15) is 0 Å². The summed E-state index contributed by atoms with van der Waals surface area (Å²) in [6.45, 7) is 6.49. The van der Waals surface area contributed by atoms with Gasteiger partial charge in [0.25, 0.3) is 0 Å². The van der Waals surface area contributed by atoms with E-state index in [0.29, 0.717) is 26.2 Å². The number of hydrogen-bond donors (Lipinski definition) is 6. The van der Waals surface area contributed by atoms with Crippen LogP contribution >= 0.6 is 0 Å². The van der Waals surface area contributed by atoms with Gasteiger partial charge in [0.2, 0.25) is 0 Å². The van der Waals surface area contributed by atoms with E-state index in [9.17, 15) is 10.2 Å². The molecule has 8 N–H and O–H groups in total. The molecule has 0 aliphatic rings. The van der Waals surface area contributed by atoms with E-state index in [-0.39, 0.29) is 25.3 Å². The summed E-state index contributed by atoms with van der Waals surface area (Å²) in [5, 5.41) is 26.1. The Labute approximate surface area is 197 Å². The quantitative estimate of drug-likeness (QED) is 0.215. The number of aliphatic hydroxyl groups is 2. The van der Waals surface area contributed by atoms with Gasteiger partial charge in [-0.05, 0) is 55.7 Å². The van der Waals surface area contributed by atoms with Crippen LogP contribution in [0.1, 0.15) is 25.0 Å². The number of rotatable bonds is 16.